The maximum atomic E-state index is 14.2. The van der Waals surface area contributed by atoms with E-state index >= 15 is 0 Å². The number of para-hydroxylation sites is 1. The molecule has 7 atom stereocenters. The molecule has 2 bridgehead atoms. The lowest BCUT2D eigenvalue weighted by Crippen LogP contribution is -2.54. The second kappa shape index (κ2) is 16.9. The van der Waals surface area contributed by atoms with Crippen molar-refractivity contribution in [2.24, 2.45) is 17.8 Å². The number of ether oxygens (including phenoxy) is 1. The van der Waals surface area contributed by atoms with Crippen LogP contribution in [0.2, 0.25) is 0 Å². The van der Waals surface area contributed by atoms with Crippen LogP contribution in [0, 0.1) is 31.6 Å². The number of piperidine rings is 2. The summed E-state index contributed by atoms with van der Waals surface area (Å²) in [6.45, 7) is 13.1. The molecule has 1 unspecified atom stereocenters. The number of carbonyl (C=O) groups excluding carboxylic acids is 2. The molecular weight excluding hydrogens is 811 g/mol. The number of aliphatic hydroxyl groups excluding tert-OH is 1. The fraction of sp³-hybridized carbons (Fsp3) is 0.435. The smallest absolute Gasteiger partial charge is 0.254 e. The van der Waals surface area contributed by atoms with Gasteiger partial charge in [-0.25, -0.2) is 4.98 Å². The fourth-order valence-electron chi connectivity index (χ4n) is 9.65. The summed E-state index contributed by atoms with van der Waals surface area (Å²) in [5.74, 6) is 1.02. The highest BCUT2D eigenvalue weighted by molar-refractivity contribution is 7.19. The molecule has 3 N–H and O–H groups in total. The van der Waals surface area contributed by atoms with Gasteiger partial charge in [-0.05, 0) is 85.0 Å². The van der Waals surface area contributed by atoms with Gasteiger partial charge in [-0.15, -0.1) is 32.9 Å². The van der Waals surface area contributed by atoms with Crippen molar-refractivity contribution in [2.75, 3.05) is 32.8 Å². The number of fused-ring (bicyclic) bond motifs is 3. The molecule has 7 heterocycles. The SMILES string of the molecule is Cc1ncsc1-c1ccc([C@H](C)NC(=O)[C@@H]2C[C@@H](O)CN2C(=O)[C@@H](c2cc(OCCN3C[C@H]4C[C@@H](C3)C4c3sc4nnc(-c5ccccc5O)cc4c3C)no2)C(C)C)cc1. The van der Waals surface area contributed by atoms with Gasteiger partial charge in [0.05, 0.1) is 33.9 Å². The predicted octanol–water partition coefficient (Wildman–Crippen LogP) is 7.49. The number of nitrogens with one attached hydrogen (secondary N) is 1. The van der Waals surface area contributed by atoms with Crippen LogP contribution in [0.4, 0.5) is 0 Å². The molecule has 2 amide bonds. The summed E-state index contributed by atoms with van der Waals surface area (Å²) in [5, 5.41) is 38.5. The average molecular weight is 862 g/mol. The number of amides is 2. The van der Waals surface area contributed by atoms with E-state index in [1.807, 2.05) is 69.6 Å². The van der Waals surface area contributed by atoms with E-state index in [0.29, 0.717) is 47.3 Å². The Morgan fingerprint density at radius 2 is 1.77 bits per heavy atom. The minimum Gasteiger partial charge on any atom is -0.507 e. The maximum absolute atomic E-state index is 14.2. The van der Waals surface area contributed by atoms with Crippen LogP contribution in [0.1, 0.15) is 78.9 Å². The van der Waals surface area contributed by atoms with Crippen molar-refractivity contribution in [1.29, 1.82) is 0 Å². The van der Waals surface area contributed by atoms with E-state index in [1.165, 1.54) is 21.8 Å². The van der Waals surface area contributed by atoms with Crippen molar-refractivity contribution in [2.45, 2.75) is 77.5 Å². The first-order chi connectivity index (χ1) is 29.4. The van der Waals surface area contributed by atoms with Crippen molar-refractivity contribution < 1.29 is 29.1 Å². The van der Waals surface area contributed by atoms with Crippen LogP contribution in [0.5, 0.6) is 11.6 Å². The number of thiazole rings is 1. The summed E-state index contributed by atoms with van der Waals surface area (Å²) in [6.07, 6.45) is 0.546. The lowest BCUT2D eigenvalue weighted by atomic mass is 9.60. The number of β-amino-alcohol motifs (C(OH)–C–C–N with tert-alkyl or cyclic N) is 1. The number of phenols is 1. The van der Waals surface area contributed by atoms with Crippen LogP contribution in [0.15, 0.2) is 70.7 Å². The molecule has 318 valence electrons. The van der Waals surface area contributed by atoms with Gasteiger partial charge in [-0.1, -0.05) is 50.2 Å². The highest BCUT2D eigenvalue weighted by atomic mass is 32.1. The monoisotopic (exact) mass is 861 g/mol. The Morgan fingerprint density at radius 1 is 1.00 bits per heavy atom. The molecule has 3 saturated heterocycles. The van der Waals surface area contributed by atoms with E-state index in [0.717, 1.165) is 51.5 Å². The third-order valence-electron chi connectivity index (χ3n) is 12.9. The molecule has 0 spiro atoms. The van der Waals surface area contributed by atoms with Gasteiger partial charge in [0.1, 0.15) is 29.1 Å². The number of rotatable bonds is 13. The zero-order valence-corrected chi connectivity index (χ0v) is 36.6. The van der Waals surface area contributed by atoms with Gasteiger partial charge < -0.3 is 29.7 Å². The summed E-state index contributed by atoms with van der Waals surface area (Å²) < 4.78 is 11.8. The van der Waals surface area contributed by atoms with Crippen molar-refractivity contribution in [3.63, 3.8) is 0 Å². The van der Waals surface area contributed by atoms with Crippen LogP contribution in [-0.4, -0.2) is 97.1 Å². The number of carbonyl (C=O) groups is 2. The Bertz CT molecular complexity index is 2540. The number of thiophene rings is 1. The third kappa shape index (κ3) is 8.04. The summed E-state index contributed by atoms with van der Waals surface area (Å²) in [6, 6.07) is 17.9. The molecule has 4 aromatic heterocycles. The molecule has 61 heavy (non-hydrogen) atoms. The zero-order chi connectivity index (χ0) is 42.5. The molecule has 6 aromatic rings. The number of aliphatic hydroxyl groups is 1. The first-order valence-corrected chi connectivity index (χ1v) is 22.8. The molecule has 1 aliphatic carbocycles. The van der Waals surface area contributed by atoms with E-state index < -0.39 is 18.1 Å². The number of nitrogens with zero attached hydrogens (tertiary/aromatic N) is 6. The van der Waals surface area contributed by atoms with E-state index in [-0.39, 0.29) is 42.5 Å². The first-order valence-electron chi connectivity index (χ1n) is 21.1. The minimum absolute atomic E-state index is 0.0603. The lowest BCUT2D eigenvalue weighted by molar-refractivity contribution is -0.141. The number of hydrogen-bond acceptors (Lipinski definition) is 13. The molecule has 10 rings (SSSR count). The van der Waals surface area contributed by atoms with E-state index in [1.54, 1.807) is 40.9 Å². The van der Waals surface area contributed by atoms with Gasteiger partial charge in [-0.3, -0.25) is 14.5 Å². The molecular formula is C46H51N7O6S2. The average Bonchev–Trinajstić information content (AvgIpc) is 4.05. The summed E-state index contributed by atoms with van der Waals surface area (Å²) >= 11 is 3.34. The van der Waals surface area contributed by atoms with Gasteiger partial charge >= 0.3 is 0 Å². The van der Waals surface area contributed by atoms with Gasteiger partial charge in [0, 0.05) is 60.4 Å². The van der Waals surface area contributed by atoms with Gasteiger partial charge in [0.2, 0.25) is 11.8 Å². The molecule has 4 fully saturated rings. The van der Waals surface area contributed by atoms with E-state index in [2.05, 4.69) is 43.5 Å². The molecule has 4 aliphatic rings. The standard InChI is InChI=1S/C46H51N7O6S2/c1-24(2)40(46(57)53-22-32(54)17-36(53)44(56)48-26(4)28-10-12-29(13-11-28)43-27(5)47-23-60-43)38-19-39(51-59-38)58-15-14-52-20-30-16-31(21-52)41(30)42-25(3)34-18-35(49-50-45(34)61-42)33-8-6-7-9-37(33)55/h6-13,18-19,23-24,26,30-32,36,40-41,54-55H,14-17,20-22H2,1-5H3,(H,48,56)/t26-,30-,31+,32+,36-,40+,41?/m0/s1. The number of aromatic hydroxyl groups is 1. The van der Waals surface area contributed by atoms with E-state index in [4.69, 9.17) is 9.26 Å². The highest BCUT2D eigenvalue weighted by Gasteiger charge is 2.48. The van der Waals surface area contributed by atoms with E-state index in [9.17, 15) is 19.8 Å². The highest BCUT2D eigenvalue weighted by Crippen LogP contribution is 2.55. The van der Waals surface area contributed by atoms with Gasteiger partial charge in [0.15, 0.2) is 5.76 Å². The molecule has 1 saturated carbocycles. The Labute approximate surface area is 362 Å². The van der Waals surface area contributed by atoms with Crippen LogP contribution >= 0.6 is 22.7 Å². The fourth-order valence-corrected chi connectivity index (χ4v) is 11.9. The molecule has 2 aromatic carbocycles. The quantitative estimate of drug-likeness (QED) is 0.105. The van der Waals surface area contributed by atoms with Gasteiger partial charge in [-0.2, -0.15) is 0 Å². The number of aryl methyl sites for hydroxylation is 2. The van der Waals surface area contributed by atoms with Crippen molar-refractivity contribution >= 4 is 44.7 Å². The second-order valence-electron chi connectivity index (χ2n) is 17.3. The normalized spacial score (nSPS) is 22.3. The Kier molecular flexibility index (Phi) is 11.4. The number of aromatic nitrogens is 4. The van der Waals surface area contributed by atoms with Gasteiger partial charge in [0.25, 0.3) is 5.88 Å². The Balaban J connectivity index is 0.789. The molecule has 0 radical (unpaired) electrons. The second-order valence-corrected chi connectivity index (χ2v) is 19.1. The Hall–Kier alpha value is -5.22. The molecule has 3 aliphatic heterocycles. The zero-order valence-electron chi connectivity index (χ0n) is 34.9. The van der Waals surface area contributed by atoms with Crippen molar-refractivity contribution in [3.05, 3.63) is 93.6 Å². The molecule has 15 heteroatoms. The first kappa shape index (κ1) is 41.1. The summed E-state index contributed by atoms with van der Waals surface area (Å²) in [7, 11) is 0. The minimum atomic E-state index is -0.821. The van der Waals surface area contributed by atoms with Crippen LogP contribution in [0.3, 0.4) is 0 Å². The molecule has 13 nitrogen and oxygen atoms in total. The van der Waals surface area contributed by atoms with Crippen LogP contribution in [0.25, 0.3) is 31.9 Å². The van der Waals surface area contributed by atoms with Crippen LogP contribution < -0.4 is 10.1 Å². The topological polar surface area (TPSA) is 167 Å². The third-order valence-corrected chi connectivity index (χ3v) is 15.1. The largest absolute Gasteiger partial charge is 0.507 e. The Morgan fingerprint density at radius 3 is 2.49 bits per heavy atom. The van der Waals surface area contributed by atoms with Crippen molar-refractivity contribution in [1.82, 2.24) is 35.5 Å². The summed E-state index contributed by atoms with van der Waals surface area (Å²) in [5.41, 5.74) is 7.44. The number of hydrogen-bond donors (Lipinski definition) is 3. The number of phenolic OH excluding ortho intramolecular Hbond substituents is 1. The van der Waals surface area contributed by atoms with Crippen molar-refractivity contribution in [3.8, 4) is 33.3 Å². The van der Waals surface area contributed by atoms with Crippen LogP contribution in [-0.2, 0) is 9.59 Å². The maximum Gasteiger partial charge on any atom is 0.254 e. The number of benzene rings is 2. The summed E-state index contributed by atoms with van der Waals surface area (Å²) in [4.78, 5) is 39.7. The number of likely N-dealkylation sites (tertiary alicyclic amines) is 1. The predicted molar refractivity (Wildman–Crippen MR) is 235 cm³/mol. The lowest BCUT2D eigenvalue weighted by Gasteiger charge is -2.53.